The highest BCUT2D eigenvalue weighted by Crippen LogP contribution is 2.40. The number of furan rings is 1. The van der Waals surface area contributed by atoms with E-state index in [4.69, 9.17) is 4.42 Å². The maximum Gasteiger partial charge on any atom is 0.320 e. The molecular weight excluding hydrogens is 318 g/mol. The lowest BCUT2D eigenvalue weighted by molar-refractivity contribution is 0.246. The average molecular weight is 337 g/mol. The monoisotopic (exact) mass is 337 g/mol. The number of anilines is 1. The largest absolute Gasteiger partial charge is 0.463 e. The first kappa shape index (κ1) is 15.4. The Morgan fingerprint density at radius 1 is 1.32 bits per heavy atom. The van der Waals surface area contributed by atoms with Crippen LogP contribution in [0.25, 0.3) is 11.5 Å². The number of aromatic nitrogens is 3. The van der Waals surface area contributed by atoms with Gasteiger partial charge in [-0.25, -0.2) is 4.79 Å². The molecule has 0 aromatic carbocycles. The normalized spacial score (nSPS) is 14.9. The van der Waals surface area contributed by atoms with Gasteiger partial charge in [-0.1, -0.05) is 6.07 Å². The second kappa shape index (κ2) is 6.43. The van der Waals surface area contributed by atoms with Crippen LogP contribution in [-0.2, 0) is 7.05 Å². The molecule has 3 heterocycles. The molecule has 0 spiro atoms. The van der Waals surface area contributed by atoms with Crippen LogP contribution in [0.4, 0.5) is 10.6 Å². The number of aryl methyl sites for hydroxylation is 1. The van der Waals surface area contributed by atoms with Crippen molar-refractivity contribution in [2.75, 3.05) is 5.32 Å². The number of pyridine rings is 1. The van der Waals surface area contributed by atoms with Crippen LogP contribution in [0, 0.1) is 5.92 Å². The van der Waals surface area contributed by atoms with Crippen molar-refractivity contribution in [2.45, 2.75) is 18.9 Å². The fourth-order valence-electron chi connectivity index (χ4n) is 2.85. The molecule has 3 aromatic heterocycles. The van der Waals surface area contributed by atoms with Gasteiger partial charge in [-0.3, -0.25) is 15.0 Å². The molecule has 0 radical (unpaired) electrons. The number of nitrogens with zero attached hydrogens (tertiary/aromatic N) is 3. The third kappa shape index (κ3) is 3.40. The van der Waals surface area contributed by atoms with Gasteiger partial charge in [0.05, 0.1) is 18.0 Å². The van der Waals surface area contributed by atoms with Crippen molar-refractivity contribution in [3.63, 3.8) is 0 Å². The molecule has 0 aliphatic heterocycles. The third-order valence-corrected chi connectivity index (χ3v) is 4.28. The Hall–Kier alpha value is -3.09. The molecule has 4 rings (SSSR count). The lowest BCUT2D eigenvalue weighted by Crippen LogP contribution is -2.34. The molecule has 0 saturated heterocycles. The van der Waals surface area contributed by atoms with Crippen LogP contribution in [0.15, 0.2) is 53.3 Å². The summed E-state index contributed by atoms with van der Waals surface area (Å²) in [5.41, 5.74) is 1.56. The van der Waals surface area contributed by atoms with Crippen LogP contribution < -0.4 is 10.6 Å². The molecule has 7 heteroatoms. The zero-order valence-corrected chi connectivity index (χ0v) is 13.8. The zero-order chi connectivity index (χ0) is 17.2. The summed E-state index contributed by atoms with van der Waals surface area (Å²) in [4.78, 5) is 16.8. The van der Waals surface area contributed by atoms with Gasteiger partial charge >= 0.3 is 6.03 Å². The fourth-order valence-corrected chi connectivity index (χ4v) is 2.85. The van der Waals surface area contributed by atoms with Crippen molar-refractivity contribution >= 4 is 11.8 Å². The number of amides is 2. The summed E-state index contributed by atoms with van der Waals surface area (Å²) in [5, 5.41) is 10.3. The van der Waals surface area contributed by atoms with Crippen LogP contribution in [0.5, 0.6) is 0 Å². The van der Waals surface area contributed by atoms with E-state index < -0.39 is 0 Å². The van der Waals surface area contributed by atoms with Gasteiger partial charge in [-0.15, -0.1) is 0 Å². The minimum atomic E-state index is -0.267. The van der Waals surface area contributed by atoms with E-state index in [-0.39, 0.29) is 12.1 Å². The number of hydrogen-bond donors (Lipinski definition) is 2. The Bertz CT molecular complexity index is 853. The minimum Gasteiger partial charge on any atom is -0.463 e. The number of urea groups is 1. The second-order valence-corrected chi connectivity index (χ2v) is 6.18. The molecule has 128 valence electrons. The highest BCUT2D eigenvalue weighted by Gasteiger charge is 2.34. The van der Waals surface area contributed by atoms with Gasteiger partial charge in [0, 0.05) is 19.3 Å². The molecule has 25 heavy (non-hydrogen) atoms. The first-order valence-electron chi connectivity index (χ1n) is 8.27. The summed E-state index contributed by atoms with van der Waals surface area (Å²) < 4.78 is 6.96. The van der Waals surface area contributed by atoms with Crippen molar-refractivity contribution in [3.05, 3.63) is 54.6 Å². The molecule has 1 saturated carbocycles. The lowest BCUT2D eigenvalue weighted by Gasteiger charge is -2.18. The molecule has 2 N–H and O–H groups in total. The van der Waals surface area contributed by atoms with Crippen LogP contribution in [0.3, 0.4) is 0 Å². The summed E-state index contributed by atoms with van der Waals surface area (Å²) in [6.07, 6.45) is 5.56. The number of nitrogens with one attached hydrogen (secondary N) is 2. The fraction of sp³-hybridized carbons (Fsp3) is 0.278. The summed E-state index contributed by atoms with van der Waals surface area (Å²) in [6.45, 7) is 0. The van der Waals surface area contributed by atoms with Gasteiger partial charge < -0.3 is 9.73 Å². The molecule has 1 unspecified atom stereocenters. The van der Waals surface area contributed by atoms with Crippen molar-refractivity contribution in [1.29, 1.82) is 0 Å². The average Bonchev–Trinajstić information content (AvgIpc) is 3.18. The highest BCUT2D eigenvalue weighted by atomic mass is 16.3. The first-order chi connectivity index (χ1) is 12.2. The van der Waals surface area contributed by atoms with Crippen LogP contribution in [0.1, 0.15) is 24.6 Å². The molecule has 2 amide bonds. The molecule has 1 aliphatic carbocycles. The van der Waals surface area contributed by atoms with E-state index in [9.17, 15) is 4.79 Å². The van der Waals surface area contributed by atoms with Gasteiger partial charge in [0.2, 0.25) is 0 Å². The summed E-state index contributed by atoms with van der Waals surface area (Å²) in [7, 11) is 1.78. The van der Waals surface area contributed by atoms with Crippen molar-refractivity contribution < 1.29 is 9.21 Å². The summed E-state index contributed by atoms with van der Waals surface area (Å²) >= 11 is 0. The molecule has 1 fully saturated rings. The Labute approximate surface area is 145 Å². The van der Waals surface area contributed by atoms with Crippen molar-refractivity contribution in [3.8, 4) is 11.5 Å². The van der Waals surface area contributed by atoms with E-state index in [1.807, 2.05) is 24.3 Å². The maximum absolute atomic E-state index is 12.5. The van der Waals surface area contributed by atoms with Gasteiger partial charge in [0.25, 0.3) is 0 Å². The molecule has 3 aromatic rings. The van der Waals surface area contributed by atoms with Crippen LogP contribution in [-0.4, -0.2) is 20.8 Å². The van der Waals surface area contributed by atoms with Crippen molar-refractivity contribution in [2.24, 2.45) is 13.0 Å². The predicted octanol–water partition coefficient (Wildman–Crippen LogP) is 3.35. The lowest BCUT2D eigenvalue weighted by atomic mass is 10.1. The number of carbonyl (C=O) groups is 1. The molecule has 7 nitrogen and oxygen atoms in total. The quantitative estimate of drug-likeness (QED) is 0.748. The minimum absolute atomic E-state index is 0.0704. The van der Waals surface area contributed by atoms with Gasteiger partial charge in [-0.2, -0.15) is 5.10 Å². The molecule has 1 aliphatic rings. The Morgan fingerprint density at radius 3 is 2.88 bits per heavy atom. The highest BCUT2D eigenvalue weighted by molar-refractivity contribution is 5.89. The molecule has 1 atom stereocenters. The SMILES string of the molecule is Cn1nc(-c2ccco2)cc1NC(=O)NC(c1ccccn1)C1CC1. The van der Waals surface area contributed by atoms with E-state index in [2.05, 4.69) is 20.7 Å². The number of carbonyl (C=O) groups excluding carboxylic acids is 1. The van der Waals surface area contributed by atoms with E-state index >= 15 is 0 Å². The Balaban J connectivity index is 1.47. The number of hydrogen-bond acceptors (Lipinski definition) is 4. The Kier molecular flexibility index (Phi) is 3.97. The van der Waals surface area contributed by atoms with Crippen LogP contribution in [0.2, 0.25) is 0 Å². The van der Waals surface area contributed by atoms with E-state index in [0.29, 0.717) is 23.2 Å². The van der Waals surface area contributed by atoms with E-state index in [0.717, 1.165) is 18.5 Å². The van der Waals surface area contributed by atoms with Gasteiger partial charge in [-0.05, 0) is 43.0 Å². The maximum atomic E-state index is 12.5. The second-order valence-electron chi connectivity index (χ2n) is 6.18. The van der Waals surface area contributed by atoms with Crippen molar-refractivity contribution in [1.82, 2.24) is 20.1 Å². The number of rotatable bonds is 5. The van der Waals surface area contributed by atoms with E-state index in [1.54, 1.807) is 36.3 Å². The first-order valence-corrected chi connectivity index (χ1v) is 8.27. The van der Waals surface area contributed by atoms with Crippen LogP contribution >= 0.6 is 0 Å². The molecule has 0 bridgehead atoms. The van der Waals surface area contributed by atoms with Gasteiger partial charge in [0.15, 0.2) is 5.76 Å². The topological polar surface area (TPSA) is 85.0 Å². The Morgan fingerprint density at radius 2 is 2.20 bits per heavy atom. The standard InChI is InChI=1S/C18H19N5O2/c1-23-16(11-14(22-23)15-6-4-10-25-15)20-18(24)21-17(12-7-8-12)13-5-2-3-9-19-13/h2-6,9-12,17H,7-8H2,1H3,(H2,20,21,24). The predicted molar refractivity (Wildman–Crippen MR) is 92.8 cm³/mol. The molecular formula is C18H19N5O2. The smallest absolute Gasteiger partial charge is 0.320 e. The zero-order valence-electron chi connectivity index (χ0n) is 13.8. The van der Waals surface area contributed by atoms with E-state index in [1.165, 1.54) is 0 Å². The summed E-state index contributed by atoms with van der Waals surface area (Å²) in [5.74, 6) is 1.71. The summed E-state index contributed by atoms with van der Waals surface area (Å²) in [6, 6.07) is 10.8. The third-order valence-electron chi connectivity index (χ3n) is 4.28. The van der Waals surface area contributed by atoms with Gasteiger partial charge in [0.1, 0.15) is 11.5 Å².